The van der Waals surface area contributed by atoms with Crippen LogP contribution in [0.3, 0.4) is 0 Å². The third kappa shape index (κ3) is 5.50. The van der Waals surface area contributed by atoms with Gasteiger partial charge in [-0.05, 0) is 74.5 Å². The van der Waals surface area contributed by atoms with Gasteiger partial charge in [-0.25, -0.2) is 9.69 Å². The largest absolute Gasteiger partial charge is 0.457 e. The molecule has 0 spiro atoms. The Morgan fingerprint density at radius 2 is 1.50 bits per heavy atom. The maximum Gasteiger partial charge on any atom is 0.335 e. The van der Waals surface area contributed by atoms with E-state index < -0.39 is 22.6 Å². The molecule has 1 saturated heterocycles. The first-order valence-electron chi connectivity index (χ1n) is 10.4. The van der Waals surface area contributed by atoms with Crippen LogP contribution in [0.5, 0.6) is 11.5 Å². The molecule has 3 aromatic carbocycles. The number of barbiturate groups is 1. The summed E-state index contributed by atoms with van der Waals surface area (Å²) >= 11 is 7.42. The molecule has 6 nitrogen and oxygen atoms in total. The number of imide groups is 2. The molecule has 0 radical (unpaired) electrons. The number of thioether (sulfide) groups is 1. The number of para-hydroxylation sites is 1. The molecule has 1 N–H and O–H groups in total. The molecular formula is C26H21ClN2O4S. The summed E-state index contributed by atoms with van der Waals surface area (Å²) < 4.78 is 5.15. The Morgan fingerprint density at radius 1 is 0.882 bits per heavy atom. The van der Waals surface area contributed by atoms with Gasteiger partial charge in [-0.15, -0.1) is 11.8 Å². The number of nitrogens with zero attached hydrogens (tertiary/aromatic N) is 1. The number of hydrogen-bond acceptors (Lipinski definition) is 5. The van der Waals surface area contributed by atoms with E-state index in [2.05, 4.69) is 5.32 Å². The molecule has 34 heavy (non-hydrogen) atoms. The number of amides is 4. The lowest BCUT2D eigenvalue weighted by atomic mass is 10.0. The molecule has 1 fully saturated rings. The Hall–Kier alpha value is -3.55. The van der Waals surface area contributed by atoms with Crippen LogP contribution < -0.4 is 15.0 Å². The molecule has 0 atom stereocenters. The van der Waals surface area contributed by atoms with Crippen molar-refractivity contribution in [3.05, 3.63) is 95.5 Å². The summed E-state index contributed by atoms with van der Waals surface area (Å²) in [4.78, 5) is 40.1. The van der Waals surface area contributed by atoms with E-state index in [1.807, 2.05) is 56.3 Å². The molecule has 1 aliphatic rings. The summed E-state index contributed by atoms with van der Waals surface area (Å²) in [6, 6.07) is 22.2. The first kappa shape index (κ1) is 23.6. The number of nitrogens with one attached hydrogen (secondary N) is 1. The number of carbonyl (C=O) groups is 3. The Balaban J connectivity index is 1.56. The fourth-order valence-corrected chi connectivity index (χ4v) is 4.55. The van der Waals surface area contributed by atoms with E-state index in [-0.39, 0.29) is 5.57 Å². The second-order valence-corrected chi connectivity index (χ2v) is 10.2. The standard InChI is InChI=1S/C26H21ClN2O4S/c1-26(2,34-21-14-8-17(27)9-15-21)16-22-23(30)28-25(32)29(24(22)31)18-10-12-20(13-11-18)33-19-6-4-3-5-7-19/h3-16H,1-2H3,(H,28,30,32)/b22-16-. The average molecular weight is 493 g/mol. The van der Waals surface area contributed by atoms with Crippen LogP contribution in [0.4, 0.5) is 10.5 Å². The van der Waals surface area contributed by atoms with E-state index in [9.17, 15) is 14.4 Å². The van der Waals surface area contributed by atoms with Crippen LogP contribution in [0.2, 0.25) is 5.02 Å². The van der Waals surface area contributed by atoms with Crippen LogP contribution in [-0.2, 0) is 9.59 Å². The Kier molecular flexibility index (Phi) is 6.77. The molecule has 4 amide bonds. The maximum atomic E-state index is 13.2. The predicted molar refractivity (Wildman–Crippen MR) is 133 cm³/mol. The first-order chi connectivity index (χ1) is 16.2. The van der Waals surface area contributed by atoms with Crippen molar-refractivity contribution in [3.63, 3.8) is 0 Å². The molecule has 1 aliphatic heterocycles. The van der Waals surface area contributed by atoms with Crippen molar-refractivity contribution >= 4 is 46.9 Å². The second-order valence-electron chi connectivity index (χ2n) is 8.03. The van der Waals surface area contributed by atoms with Gasteiger partial charge in [0.2, 0.25) is 0 Å². The zero-order valence-corrected chi connectivity index (χ0v) is 20.0. The summed E-state index contributed by atoms with van der Waals surface area (Å²) in [7, 11) is 0. The van der Waals surface area contributed by atoms with Gasteiger partial charge in [0.05, 0.1) is 5.69 Å². The number of hydrogen-bond donors (Lipinski definition) is 1. The predicted octanol–water partition coefficient (Wildman–Crippen LogP) is 6.21. The van der Waals surface area contributed by atoms with Crippen LogP contribution in [-0.4, -0.2) is 22.6 Å². The molecule has 3 aromatic rings. The number of benzene rings is 3. The van der Waals surface area contributed by atoms with Gasteiger partial charge in [-0.1, -0.05) is 35.9 Å². The minimum atomic E-state index is -0.799. The van der Waals surface area contributed by atoms with E-state index in [4.69, 9.17) is 16.3 Å². The maximum absolute atomic E-state index is 13.2. The second kappa shape index (κ2) is 9.75. The van der Waals surface area contributed by atoms with Gasteiger partial charge in [0, 0.05) is 14.7 Å². The Morgan fingerprint density at radius 3 is 2.15 bits per heavy atom. The van der Waals surface area contributed by atoms with Gasteiger partial charge >= 0.3 is 6.03 Å². The zero-order chi connectivity index (χ0) is 24.3. The number of anilines is 1. The molecule has 172 valence electrons. The third-order valence-electron chi connectivity index (χ3n) is 4.86. The van der Waals surface area contributed by atoms with Crippen molar-refractivity contribution in [2.75, 3.05) is 4.90 Å². The molecule has 0 aliphatic carbocycles. The highest BCUT2D eigenvalue weighted by atomic mass is 35.5. The lowest BCUT2D eigenvalue weighted by molar-refractivity contribution is -0.122. The molecule has 1 heterocycles. The number of rotatable bonds is 6. The van der Waals surface area contributed by atoms with Crippen molar-refractivity contribution in [1.82, 2.24) is 5.32 Å². The highest BCUT2D eigenvalue weighted by Gasteiger charge is 2.38. The lowest BCUT2D eigenvalue weighted by Gasteiger charge is -2.28. The van der Waals surface area contributed by atoms with Crippen molar-refractivity contribution in [2.24, 2.45) is 0 Å². The number of urea groups is 1. The fourth-order valence-electron chi connectivity index (χ4n) is 3.36. The topological polar surface area (TPSA) is 75.7 Å². The molecule has 0 unspecified atom stereocenters. The molecule has 0 saturated carbocycles. The van der Waals surface area contributed by atoms with Crippen LogP contribution in [0, 0.1) is 0 Å². The van der Waals surface area contributed by atoms with Gasteiger partial charge in [0.15, 0.2) is 0 Å². The number of halogens is 1. The number of ether oxygens (including phenoxy) is 1. The van der Waals surface area contributed by atoms with Crippen molar-refractivity contribution < 1.29 is 19.1 Å². The minimum absolute atomic E-state index is 0.101. The summed E-state index contributed by atoms with van der Waals surface area (Å²) in [6.45, 7) is 3.77. The normalized spacial score (nSPS) is 15.4. The van der Waals surface area contributed by atoms with E-state index >= 15 is 0 Å². The summed E-state index contributed by atoms with van der Waals surface area (Å²) in [5, 5.41) is 2.88. The Labute approximate surface area is 206 Å². The highest BCUT2D eigenvalue weighted by Crippen LogP contribution is 2.36. The van der Waals surface area contributed by atoms with Crippen LogP contribution in [0.15, 0.2) is 95.4 Å². The first-order valence-corrected chi connectivity index (χ1v) is 11.6. The molecule has 0 bridgehead atoms. The zero-order valence-electron chi connectivity index (χ0n) is 18.4. The van der Waals surface area contributed by atoms with Crippen molar-refractivity contribution in [1.29, 1.82) is 0 Å². The lowest BCUT2D eigenvalue weighted by Crippen LogP contribution is -2.54. The highest BCUT2D eigenvalue weighted by molar-refractivity contribution is 8.00. The van der Waals surface area contributed by atoms with E-state index in [1.165, 1.54) is 11.8 Å². The van der Waals surface area contributed by atoms with Gasteiger partial charge in [0.25, 0.3) is 11.8 Å². The van der Waals surface area contributed by atoms with Crippen LogP contribution >= 0.6 is 23.4 Å². The average Bonchev–Trinajstić information content (AvgIpc) is 2.80. The summed E-state index contributed by atoms with van der Waals surface area (Å²) in [6.07, 6.45) is 1.58. The SMILES string of the molecule is CC(C)(/C=C1/C(=O)NC(=O)N(c2ccc(Oc3ccccc3)cc2)C1=O)Sc1ccc(Cl)cc1. The minimum Gasteiger partial charge on any atom is -0.457 e. The van der Waals surface area contributed by atoms with Gasteiger partial charge < -0.3 is 4.74 Å². The van der Waals surface area contributed by atoms with Crippen molar-refractivity contribution in [2.45, 2.75) is 23.5 Å². The molecular weight excluding hydrogens is 472 g/mol. The Bertz CT molecular complexity index is 1260. The number of carbonyl (C=O) groups excluding carboxylic acids is 3. The molecule has 8 heteroatoms. The summed E-state index contributed by atoms with van der Waals surface area (Å²) in [5.41, 5.74) is 0.222. The molecule has 0 aromatic heterocycles. The van der Waals surface area contributed by atoms with Crippen molar-refractivity contribution in [3.8, 4) is 11.5 Å². The fraction of sp³-hybridized carbons (Fsp3) is 0.115. The van der Waals surface area contributed by atoms with Crippen LogP contribution in [0.25, 0.3) is 0 Å². The van der Waals surface area contributed by atoms with E-state index in [0.29, 0.717) is 22.2 Å². The quantitative estimate of drug-likeness (QED) is 0.251. The van der Waals surface area contributed by atoms with Gasteiger partial charge in [0.1, 0.15) is 17.1 Å². The molecule has 4 rings (SSSR count). The van der Waals surface area contributed by atoms with Crippen LogP contribution in [0.1, 0.15) is 13.8 Å². The monoisotopic (exact) mass is 492 g/mol. The smallest absolute Gasteiger partial charge is 0.335 e. The van der Waals surface area contributed by atoms with E-state index in [0.717, 1.165) is 9.80 Å². The third-order valence-corrected chi connectivity index (χ3v) is 6.27. The van der Waals surface area contributed by atoms with Gasteiger partial charge in [-0.2, -0.15) is 0 Å². The van der Waals surface area contributed by atoms with E-state index in [1.54, 1.807) is 42.5 Å². The van der Waals surface area contributed by atoms with Gasteiger partial charge in [-0.3, -0.25) is 14.9 Å². The summed E-state index contributed by atoms with van der Waals surface area (Å²) in [5.74, 6) is -0.194.